The van der Waals surface area contributed by atoms with Crippen molar-refractivity contribution in [3.63, 3.8) is 0 Å². The molecule has 0 spiro atoms. The molecule has 1 amide bonds. The number of carbonyl (C=O) groups excluding carboxylic acids is 1. The zero-order chi connectivity index (χ0) is 35.7. The van der Waals surface area contributed by atoms with E-state index in [4.69, 9.17) is 31.3 Å². The van der Waals surface area contributed by atoms with E-state index in [0.29, 0.717) is 61.1 Å². The Kier molecular flexibility index (Phi) is 10.5. The van der Waals surface area contributed by atoms with E-state index >= 15 is 4.39 Å². The lowest BCUT2D eigenvalue weighted by Crippen LogP contribution is -2.54. The van der Waals surface area contributed by atoms with Crippen LogP contribution in [0.1, 0.15) is 57.8 Å². The summed E-state index contributed by atoms with van der Waals surface area (Å²) in [6.45, 7) is 15.5. The van der Waals surface area contributed by atoms with Crippen LogP contribution in [0.3, 0.4) is 0 Å². The quantitative estimate of drug-likeness (QED) is 0.223. The fourth-order valence-corrected chi connectivity index (χ4v) is 6.18. The maximum Gasteiger partial charge on any atom is 0.355 e. The van der Waals surface area contributed by atoms with Crippen molar-refractivity contribution in [2.45, 2.75) is 52.5 Å². The van der Waals surface area contributed by atoms with Crippen molar-refractivity contribution < 1.29 is 19.0 Å². The van der Waals surface area contributed by atoms with Gasteiger partial charge in [-0.2, -0.15) is 15.0 Å². The first-order valence-electron chi connectivity index (χ1n) is 16.2. The van der Waals surface area contributed by atoms with Gasteiger partial charge < -0.3 is 24.5 Å². The molecule has 260 valence electrons. The van der Waals surface area contributed by atoms with E-state index in [9.17, 15) is 14.7 Å². The SMILES string of the molecule is C=CC(=O)N1CCN(c2nc(=O)n(-c3c(C(C)C)nc(OCCN(C)C)nc3C(C)C)c3nc(-c4c(O)cccc4F)c(Cl)cc23)[C@@H](C)C1. The Morgan fingerprint density at radius 2 is 1.82 bits per heavy atom. The summed E-state index contributed by atoms with van der Waals surface area (Å²) in [4.78, 5) is 51.4. The highest BCUT2D eigenvalue weighted by molar-refractivity contribution is 6.34. The number of pyridine rings is 1. The van der Waals surface area contributed by atoms with Crippen molar-refractivity contribution in [1.29, 1.82) is 0 Å². The fourth-order valence-electron chi connectivity index (χ4n) is 5.94. The van der Waals surface area contributed by atoms with Gasteiger partial charge in [0.2, 0.25) is 5.91 Å². The topological polar surface area (TPSA) is 130 Å². The molecule has 0 bridgehead atoms. The molecule has 5 rings (SSSR count). The normalized spacial score (nSPS) is 15.1. The van der Waals surface area contributed by atoms with Gasteiger partial charge in [0.15, 0.2) is 5.65 Å². The molecule has 1 N–H and O–H groups in total. The van der Waals surface area contributed by atoms with Crippen LogP contribution in [0.4, 0.5) is 10.2 Å². The van der Waals surface area contributed by atoms with Crippen LogP contribution in [-0.2, 0) is 4.79 Å². The predicted octanol–water partition coefficient (Wildman–Crippen LogP) is 5.15. The van der Waals surface area contributed by atoms with Crippen LogP contribution in [0.2, 0.25) is 5.02 Å². The number of hydrogen-bond acceptors (Lipinski definition) is 10. The lowest BCUT2D eigenvalue weighted by atomic mass is 10.0. The maximum atomic E-state index is 15.3. The first kappa shape index (κ1) is 35.7. The molecule has 0 unspecified atom stereocenters. The van der Waals surface area contributed by atoms with Crippen LogP contribution >= 0.6 is 11.6 Å². The highest BCUT2D eigenvalue weighted by Gasteiger charge is 2.32. The predicted molar refractivity (Wildman–Crippen MR) is 189 cm³/mol. The summed E-state index contributed by atoms with van der Waals surface area (Å²) in [5.41, 5.74) is 0.680. The molecule has 3 aromatic heterocycles. The fraction of sp³-hybridized carbons (Fsp3) is 0.429. The van der Waals surface area contributed by atoms with Crippen LogP contribution in [0.15, 0.2) is 41.7 Å². The molecule has 14 heteroatoms. The van der Waals surface area contributed by atoms with Gasteiger partial charge in [-0.25, -0.2) is 18.7 Å². The average molecular weight is 693 g/mol. The minimum atomic E-state index is -0.734. The summed E-state index contributed by atoms with van der Waals surface area (Å²) in [7, 11) is 3.88. The first-order chi connectivity index (χ1) is 23.2. The lowest BCUT2D eigenvalue weighted by molar-refractivity contribution is -0.126. The molecule has 1 aromatic carbocycles. The largest absolute Gasteiger partial charge is 0.507 e. The van der Waals surface area contributed by atoms with Gasteiger partial charge in [-0.1, -0.05) is 51.9 Å². The highest BCUT2D eigenvalue weighted by atomic mass is 35.5. The summed E-state index contributed by atoms with van der Waals surface area (Å²) < 4.78 is 22.6. The molecular weight excluding hydrogens is 651 g/mol. The van der Waals surface area contributed by atoms with Crippen LogP contribution in [0.25, 0.3) is 28.0 Å². The van der Waals surface area contributed by atoms with Crippen LogP contribution in [0, 0.1) is 5.82 Å². The van der Waals surface area contributed by atoms with Gasteiger partial charge in [0.05, 0.1) is 38.7 Å². The van der Waals surface area contributed by atoms with Gasteiger partial charge in [-0.05, 0) is 57.1 Å². The second-order valence-electron chi connectivity index (χ2n) is 13.0. The highest BCUT2D eigenvalue weighted by Crippen LogP contribution is 2.40. The molecule has 4 heterocycles. The second kappa shape index (κ2) is 14.5. The molecule has 1 fully saturated rings. The number of phenolic OH excluding ortho intramolecular Hbond substituents is 1. The van der Waals surface area contributed by atoms with E-state index in [1.807, 2.05) is 58.5 Å². The molecule has 49 heavy (non-hydrogen) atoms. The zero-order valence-electron chi connectivity index (χ0n) is 28.9. The van der Waals surface area contributed by atoms with Gasteiger partial charge >= 0.3 is 11.7 Å². The number of fused-ring (bicyclic) bond motifs is 1. The molecule has 1 aliphatic rings. The van der Waals surface area contributed by atoms with E-state index in [-0.39, 0.29) is 57.5 Å². The van der Waals surface area contributed by atoms with Crippen molar-refractivity contribution in [2.24, 2.45) is 0 Å². The summed E-state index contributed by atoms with van der Waals surface area (Å²) in [6, 6.07) is 5.45. The molecule has 1 aliphatic heterocycles. The number of halogens is 2. The smallest absolute Gasteiger partial charge is 0.355 e. The van der Waals surface area contributed by atoms with E-state index < -0.39 is 11.5 Å². The Balaban J connectivity index is 1.83. The Morgan fingerprint density at radius 3 is 2.39 bits per heavy atom. The number of likely N-dealkylation sites (N-methyl/N-ethyl adjacent to an activating group) is 1. The van der Waals surface area contributed by atoms with E-state index in [2.05, 4.69) is 11.6 Å². The number of anilines is 1. The van der Waals surface area contributed by atoms with Gasteiger partial charge in [-0.3, -0.25) is 4.79 Å². The molecule has 0 aliphatic carbocycles. The molecule has 1 saturated heterocycles. The summed E-state index contributed by atoms with van der Waals surface area (Å²) in [5, 5.41) is 11.2. The minimum absolute atomic E-state index is 0.0447. The first-order valence-corrected chi connectivity index (χ1v) is 16.6. The van der Waals surface area contributed by atoms with Crippen molar-refractivity contribution in [2.75, 3.05) is 51.8 Å². The number of rotatable bonds is 10. The van der Waals surface area contributed by atoms with Crippen LogP contribution in [-0.4, -0.2) is 98.2 Å². The molecule has 0 saturated carbocycles. The maximum absolute atomic E-state index is 15.3. The zero-order valence-corrected chi connectivity index (χ0v) is 29.6. The number of benzene rings is 1. The minimum Gasteiger partial charge on any atom is -0.507 e. The molecule has 1 atom stereocenters. The number of phenols is 1. The van der Waals surface area contributed by atoms with Gasteiger partial charge in [0.25, 0.3) is 0 Å². The number of piperazine rings is 1. The number of nitrogens with zero attached hydrogens (tertiary/aromatic N) is 8. The third kappa shape index (κ3) is 7.09. The average Bonchev–Trinajstić information content (AvgIpc) is 3.04. The van der Waals surface area contributed by atoms with Crippen molar-refractivity contribution in [3.05, 3.63) is 69.6 Å². The second-order valence-corrected chi connectivity index (χ2v) is 13.4. The number of aromatic nitrogens is 5. The van der Waals surface area contributed by atoms with Gasteiger partial charge in [0, 0.05) is 32.2 Å². The molecule has 12 nitrogen and oxygen atoms in total. The van der Waals surface area contributed by atoms with E-state index in [1.165, 1.54) is 28.8 Å². The number of hydrogen-bond donors (Lipinski definition) is 1. The van der Waals surface area contributed by atoms with Gasteiger partial charge in [0.1, 0.15) is 24.0 Å². The Labute approximate surface area is 289 Å². The third-order valence-electron chi connectivity index (χ3n) is 8.42. The van der Waals surface area contributed by atoms with Crippen LogP contribution < -0.4 is 15.3 Å². The van der Waals surface area contributed by atoms with E-state index in [1.54, 1.807) is 11.0 Å². The third-order valence-corrected chi connectivity index (χ3v) is 8.71. The van der Waals surface area contributed by atoms with Crippen molar-refractivity contribution in [3.8, 4) is 28.7 Å². The molecule has 4 aromatic rings. The Hall–Kier alpha value is -4.62. The molecule has 0 radical (unpaired) electrons. The standard InChI is InChI=1S/C35H42ClFN8O4/c1-9-26(47)43-13-14-44(21(6)18-43)32-22-17-23(36)30(27-24(37)11-10-12-25(27)46)38-33(22)45(35(48)41-32)31-28(19(2)3)39-34(40-29(31)20(4)5)49-16-15-42(7)8/h9-12,17,19-21,46H,1,13-16,18H2,2-8H3/t21-/m0/s1. The van der Waals surface area contributed by atoms with Crippen molar-refractivity contribution >= 4 is 34.4 Å². The summed E-state index contributed by atoms with van der Waals surface area (Å²) >= 11 is 6.82. The molecular formula is C35H42ClFN8O4. The summed E-state index contributed by atoms with van der Waals surface area (Å²) in [6.07, 6.45) is 1.28. The number of carbonyl (C=O) groups is 1. The van der Waals surface area contributed by atoms with Crippen molar-refractivity contribution in [1.82, 2.24) is 34.3 Å². The Bertz CT molecular complexity index is 1920. The number of ether oxygens (including phenoxy) is 1. The number of amides is 1. The lowest BCUT2D eigenvalue weighted by Gasteiger charge is -2.40. The van der Waals surface area contributed by atoms with Crippen LogP contribution in [0.5, 0.6) is 11.8 Å². The van der Waals surface area contributed by atoms with E-state index in [0.717, 1.165) is 0 Å². The van der Waals surface area contributed by atoms with Gasteiger partial charge in [-0.15, -0.1) is 0 Å². The monoisotopic (exact) mass is 692 g/mol. The summed E-state index contributed by atoms with van der Waals surface area (Å²) in [5.74, 6) is -1.34. The Morgan fingerprint density at radius 1 is 1.14 bits per heavy atom. The number of aromatic hydroxyl groups is 1.